The van der Waals surface area contributed by atoms with Gasteiger partial charge in [0, 0.05) is 0 Å². The normalized spacial score (nSPS) is 11.5. The first-order valence-electron chi connectivity index (χ1n) is 6.30. The third-order valence-corrected chi connectivity index (χ3v) is 2.79. The Morgan fingerprint density at radius 2 is 1.86 bits per heavy atom. The number of carboxylic acids is 1. The van der Waals surface area contributed by atoms with Gasteiger partial charge < -0.3 is 20.9 Å². The van der Waals surface area contributed by atoms with Crippen LogP contribution in [0.25, 0.3) is 0 Å². The van der Waals surface area contributed by atoms with Crippen molar-refractivity contribution in [1.82, 2.24) is 5.32 Å². The molecular weight excluding hydrogens is 276 g/mol. The number of carbonyl (C=O) groups excluding carboxylic acids is 2. The van der Waals surface area contributed by atoms with Crippen LogP contribution >= 0.6 is 0 Å². The molecule has 7 nitrogen and oxygen atoms in total. The Morgan fingerprint density at radius 1 is 1.29 bits per heavy atom. The second kappa shape index (κ2) is 7.28. The van der Waals surface area contributed by atoms with Crippen molar-refractivity contribution < 1.29 is 24.2 Å². The van der Waals surface area contributed by atoms with E-state index in [4.69, 9.17) is 15.6 Å². The van der Waals surface area contributed by atoms with E-state index in [0.29, 0.717) is 5.75 Å². The van der Waals surface area contributed by atoms with Crippen LogP contribution in [-0.2, 0) is 14.4 Å². The molecule has 0 radical (unpaired) electrons. The van der Waals surface area contributed by atoms with Crippen LogP contribution in [-0.4, -0.2) is 35.5 Å². The quantitative estimate of drug-likeness (QED) is 0.660. The highest BCUT2D eigenvalue weighted by molar-refractivity contribution is 5.88. The number of amides is 2. The van der Waals surface area contributed by atoms with Crippen LogP contribution in [0.1, 0.15) is 17.5 Å². The first-order valence-corrected chi connectivity index (χ1v) is 6.30. The number of aryl methyl sites for hydroxylation is 2. The van der Waals surface area contributed by atoms with Crippen LogP contribution in [0.2, 0.25) is 0 Å². The maximum atomic E-state index is 11.7. The van der Waals surface area contributed by atoms with Crippen molar-refractivity contribution in [3.63, 3.8) is 0 Å². The second-order valence-corrected chi connectivity index (χ2v) is 4.64. The summed E-state index contributed by atoms with van der Waals surface area (Å²) >= 11 is 0. The van der Waals surface area contributed by atoms with Crippen molar-refractivity contribution in [2.24, 2.45) is 5.73 Å². The van der Waals surface area contributed by atoms with E-state index in [9.17, 15) is 14.4 Å². The van der Waals surface area contributed by atoms with Gasteiger partial charge in [-0.2, -0.15) is 0 Å². The number of aliphatic carboxylic acids is 1. The molecule has 1 aromatic rings. The molecule has 2 amide bonds. The van der Waals surface area contributed by atoms with E-state index in [1.165, 1.54) is 0 Å². The highest BCUT2D eigenvalue weighted by Crippen LogP contribution is 2.21. The van der Waals surface area contributed by atoms with Gasteiger partial charge in [0.25, 0.3) is 5.91 Å². The van der Waals surface area contributed by atoms with Gasteiger partial charge in [-0.15, -0.1) is 0 Å². The Labute approximate surface area is 122 Å². The first-order chi connectivity index (χ1) is 9.81. The number of primary amides is 1. The van der Waals surface area contributed by atoms with Gasteiger partial charge >= 0.3 is 5.97 Å². The minimum atomic E-state index is -1.35. The number of hydrogen-bond acceptors (Lipinski definition) is 4. The van der Waals surface area contributed by atoms with Gasteiger partial charge in [0.2, 0.25) is 5.91 Å². The summed E-state index contributed by atoms with van der Waals surface area (Å²) in [4.78, 5) is 33.3. The summed E-state index contributed by atoms with van der Waals surface area (Å²) in [6.45, 7) is 3.34. The fourth-order valence-electron chi connectivity index (χ4n) is 1.80. The Hall–Kier alpha value is -2.57. The Kier molecular flexibility index (Phi) is 5.71. The zero-order valence-electron chi connectivity index (χ0n) is 11.9. The number of nitrogens with one attached hydrogen (secondary N) is 1. The summed E-state index contributed by atoms with van der Waals surface area (Å²) in [5, 5.41) is 11.1. The van der Waals surface area contributed by atoms with Crippen molar-refractivity contribution in [3.05, 3.63) is 29.3 Å². The summed E-state index contributed by atoms with van der Waals surface area (Å²) in [5.74, 6) is -2.19. The maximum Gasteiger partial charge on any atom is 0.326 e. The number of carboxylic acid groups (broad SMARTS) is 1. The zero-order chi connectivity index (χ0) is 16.0. The number of carbonyl (C=O) groups is 3. The number of ether oxygens (including phenoxy) is 1. The third-order valence-electron chi connectivity index (χ3n) is 2.79. The van der Waals surface area contributed by atoms with E-state index in [1.807, 2.05) is 32.0 Å². The standard InChI is InChI=1S/C14H18N2O5/c1-8-4-3-5-9(2)13(8)21-7-12(18)16-10(14(19)20)6-11(15)17/h3-5,10H,6-7H2,1-2H3,(H2,15,17)(H,16,18)(H,19,20). The third kappa shape index (κ3) is 5.13. The smallest absolute Gasteiger partial charge is 0.326 e. The van der Waals surface area contributed by atoms with E-state index in [0.717, 1.165) is 11.1 Å². The SMILES string of the molecule is Cc1cccc(C)c1OCC(=O)NC(CC(N)=O)C(=O)O. The zero-order valence-corrected chi connectivity index (χ0v) is 11.9. The molecule has 0 aliphatic rings. The molecule has 1 rings (SSSR count). The lowest BCUT2D eigenvalue weighted by Gasteiger charge is -2.15. The molecule has 0 saturated carbocycles. The van der Waals surface area contributed by atoms with Gasteiger partial charge in [-0.25, -0.2) is 4.79 Å². The van der Waals surface area contributed by atoms with Crippen LogP contribution in [0, 0.1) is 13.8 Å². The molecule has 7 heteroatoms. The van der Waals surface area contributed by atoms with Gasteiger partial charge in [-0.3, -0.25) is 9.59 Å². The molecule has 21 heavy (non-hydrogen) atoms. The topological polar surface area (TPSA) is 119 Å². The van der Waals surface area contributed by atoms with E-state index < -0.39 is 30.2 Å². The molecule has 0 spiro atoms. The van der Waals surface area contributed by atoms with Crippen LogP contribution in [0.5, 0.6) is 5.75 Å². The van der Waals surface area contributed by atoms with Crippen LogP contribution in [0.4, 0.5) is 0 Å². The van der Waals surface area contributed by atoms with Crippen molar-refractivity contribution in [2.75, 3.05) is 6.61 Å². The molecule has 1 aromatic carbocycles. The minimum Gasteiger partial charge on any atom is -0.483 e. The first kappa shape index (κ1) is 16.5. The molecule has 0 saturated heterocycles. The van der Waals surface area contributed by atoms with Crippen LogP contribution < -0.4 is 15.8 Å². The maximum absolute atomic E-state index is 11.7. The van der Waals surface area contributed by atoms with Gasteiger partial charge in [-0.1, -0.05) is 18.2 Å². The van der Waals surface area contributed by atoms with Crippen LogP contribution in [0.3, 0.4) is 0 Å². The predicted molar refractivity (Wildman–Crippen MR) is 74.8 cm³/mol. The summed E-state index contributed by atoms with van der Waals surface area (Å²) in [7, 11) is 0. The lowest BCUT2D eigenvalue weighted by Crippen LogP contribution is -2.45. The minimum absolute atomic E-state index is 0.339. The molecule has 1 unspecified atom stereocenters. The fourth-order valence-corrected chi connectivity index (χ4v) is 1.80. The van der Waals surface area contributed by atoms with Crippen LogP contribution in [0.15, 0.2) is 18.2 Å². The molecule has 0 aromatic heterocycles. The summed E-state index contributed by atoms with van der Waals surface area (Å²) < 4.78 is 5.39. The summed E-state index contributed by atoms with van der Waals surface area (Å²) in [6, 6.07) is 4.20. The molecule has 0 aliphatic heterocycles. The molecule has 1 atom stereocenters. The van der Waals surface area contributed by atoms with E-state index in [1.54, 1.807) is 0 Å². The van der Waals surface area contributed by atoms with Crippen molar-refractivity contribution in [1.29, 1.82) is 0 Å². The van der Waals surface area contributed by atoms with Crippen molar-refractivity contribution in [3.8, 4) is 5.75 Å². The molecule has 4 N–H and O–H groups in total. The molecule has 0 heterocycles. The lowest BCUT2D eigenvalue weighted by molar-refractivity contribution is -0.143. The largest absolute Gasteiger partial charge is 0.483 e. The van der Waals surface area contributed by atoms with E-state index in [-0.39, 0.29) is 6.61 Å². The van der Waals surface area contributed by atoms with Gasteiger partial charge in [0.15, 0.2) is 6.61 Å². The monoisotopic (exact) mass is 294 g/mol. The van der Waals surface area contributed by atoms with E-state index >= 15 is 0 Å². The van der Waals surface area contributed by atoms with Gasteiger partial charge in [-0.05, 0) is 25.0 Å². The highest BCUT2D eigenvalue weighted by atomic mass is 16.5. The summed E-state index contributed by atoms with van der Waals surface area (Å²) in [5.41, 5.74) is 6.67. The molecule has 114 valence electrons. The lowest BCUT2D eigenvalue weighted by atomic mass is 10.1. The molecule has 0 bridgehead atoms. The average Bonchev–Trinajstić information content (AvgIpc) is 2.36. The number of rotatable bonds is 7. The highest BCUT2D eigenvalue weighted by Gasteiger charge is 2.22. The average molecular weight is 294 g/mol. The van der Waals surface area contributed by atoms with Crippen molar-refractivity contribution >= 4 is 17.8 Å². The van der Waals surface area contributed by atoms with E-state index in [2.05, 4.69) is 5.32 Å². The molecule has 0 fully saturated rings. The number of benzene rings is 1. The van der Waals surface area contributed by atoms with Gasteiger partial charge in [0.1, 0.15) is 11.8 Å². The number of hydrogen-bond donors (Lipinski definition) is 3. The predicted octanol–water partition coefficient (Wildman–Crippen LogP) is 0.127. The van der Waals surface area contributed by atoms with Gasteiger partial charge in [0.05, 0.1) is 6.42 Å². The summed E-state index contributed by atoms with van der Waals surface area (Å²) in [6.07, 6.45) is -0.468. The Morgan fingerprint density at radius 3 is 2.33 bits per heavy atom. The molecular formula is C14H18N2O5. The van der Waals surface area contributed by atoms with Crippen molar-refractivity contribution in [2.45, 2.75) is 26.3 Å². The Balaban J connectivity index is 2.61. The molecule has 0 aliphatic carbocycles. The Bertz CT molecular complexity index is 536. The number of nitrogens with two attached hydrogens (primary N) is 1. The number of para-hydroxylation sites is 1. The fraction of sp³-hybridized carbons (Fsp3) is 0.357. The second-order valence-electron chi connectivity index (χ2n) is 4.64.